The van der Waals surface area contributed by atoms with E-state index in [4.69, 9.17) is 16.3 Å². The van der Waals surface area contributed by atoms with Crippen LogP contribution in [-0.4, -0.2) is 25.0 Å². The van der Waals surface area contributed by atoms with Crippen LogP contribution in [-0.2, 0) is 9.59 Å². The van der Waals surface area contributed by atoms with Crippen molar-refractivity contribution in [3.63, 3.8) is 0 Å². The Balaban J connectivity index is 2.18. The van der Waals surface area contributed by atoms with Gasteiger partial charge in [-0.15, -0.1) is 0 Å². The molecule has 5 nitrogen and oxygen atoms in total. The molecule has 1 heterocycles. The molecule has 0 bridgehead atoms. The summed E-state index contributed by atoms with van der Waals surface area (Å²) < 4.78 is 5.44. The van der Waals surface area contributed by atoms with E-state index in [1.807, 2.05) is 0 Å². The van der Waals surface area contributed by atoms with Gasteiger partial charge in [0.25, 0.3) is 5.91 Å². The zero-order chi connectivity index (χ0) is 12.4. The van der Waals surface area contributed by atoms with Gasteiger partial charge < -0.3 is 15.4 Å². The standard InChI is InChI=1S/C11H11ClN2O3/c1-13-10(15)5-9-11(16)14-7-4-6(12)2-3-8(7)17-9/h2-4,9H,5H2,1H3,(H,13,15)(H,14,16)/t9-/m0/s1. The first-order valence-corrected chi connectivity index (χ1v) is 5.45. The minimum absolute atomic E-state index is 0.00952. The lowest BCUT2D eigenvalue weighted by Gasteiger charge is -2.25. The highest BCUT2D eigenvalue weighted by Crippen LogP contribution is 2.32. The predicted octanol–water partition coefficient (Wildman–Crippen LogP) is 1.18. The topological polar surface area (TPSA) is 67.4 Å². The number of ether oxygens (including phenoxy) is 1. The summed E-state index contributed by atoms with van der Waals surface area (Å²) in [6, 6.07) is 4.92. The first-order chi connectivity index (χ1) is 8.10. The molecular weight excluding hydrogens is 244 g/mol. The number of fused-ring (bicyclic) bond motifs is 1. The largest absolute Gasteiger partial charge is 0.478 e. The molecule has 0 saturated carbocycles. The highest BCUT2D eigenvalue weighted by molar-refractivity contribution is 6.31. The van der Waals surface area contributed by atoms with Crippen molar-refractivity contribution < 1.29 is 14.3 Å². The zero-order valence-electron chi connectivity index (χ0n) is 9.12. The molecule has 0 unspecified atom stereocenters. The molecule has 6 heteroatoms. The maximum Gasteiger partial charge on any atom is 0.266 e. The third-order valence-corrected chi connectivity index (χ3v) is 2.65. The summed E-state index contributed by atoms with van der Waals surface area (Å²) in [6.45, 7) is 0. The summed E-state index contributed by atoms with van der Waals surface area (Å²) in [5, 5.41) is 5.61. The van der Waals surface area contributed by atoms with E-state index in [1.165, 1.54) is 7.05 Å². The maximum absolute atomic E-state index is 11.7. The second-order valence-electron chi connectivity index (χ2n) is 3.61. The Morgan fingerprint density at radius 3 is 3.06 bits per heavy atom. The minimum Gasteiger partial charge on any atom is -0.478 e. The van der Waals surface area contributed by atoms with Crippen LogP contribution in [0.2, 0.25) is 5.02 Å². The molecule has 0 aromatic heterocycles. The lowest BCUT2D eigenvalue weighted by atomic mass is 10.1. The quantitative estimate of drug-likeness (QED) is 0.833. The molecule has 1 aromatic carbocycles. The van der Waals surface area contributed by atoms with Gasteiger partial charge in [-0.1, -0.05) is 11.6 Å². The SMILES string of the molecule is CNC(=O)C[C@@H]1Oc2ccc(Cl)cc2NC1=O. The number of carbonyl (C=O) groups excluding carboxylic acids is 2. The zero-order valence-corrected chi connectivity index (χ0v) is 9.88. The predicted molar refractivity (Wildman–Crippen MR) is 63.2 cm³/mol. The van der Waals surface area contributed by atoms with Gasteiger partial charge in [-0.05, 0) is 18.2 Å². The molecule has 0 fully saturated rings. The van der Waals surface area contributed by atoms with Gasteiger partial charge in [-0.2, -0.15) is 0 Å². The molecule has 90 valence electrons. The van der Waals surface area contributed by atoms with Crippen LogP contribution in [0.1, 0.15) is 6.42 Å². The van der Waals surface area contributed by atoms with E-state index < -0.39 is 6.10 Å². The number of halogens is 1. The third kappa shape index (κ3) is 2.50. The van der Waals surface area contributed by atoms with Gasteiger partial charge in [0.05, 0.1) is 12.1 Å². The molecule has 0 spiro atoms. The molecule has 0 saturated heterocycles. The van der Waals surface area contributed by atoms with Gasteiger partial charge >= 0.3 is 0 Å². The highest BCUT2D eigenvalue weighted by Gasteiger charge is 2.29. The van der Waals surface area contributed by atoms with Gasteiger partial charge in [0.2, 0.25) is 5.91 Å². The van der Waals surface area contributed by atoms with E-state index in [0.717, 1.165) is 0 Å². The minimum atomic E-state index is -0.802. The van der Waals surface area contributed by atoms with E-state index in [2.05, 4.69) is 10.6 Å². The van der Waals surface area contributed by atoms with Gasteiger partial charge in [-0.3, -0.25) is 9.59 Å². The summed E-state index contributed by atoms with van der Waals surface area (Å²) in [7, 11) is 1.51. The van der Waals surface area contributed by atoms with Crippen LogP contribution in [0.25, 0.3) is 0 Å². The summed E-state index contributed by atoms with van der Waals surface area (Å²) in [6.07, 6.45) is -0.812. The van der Waals surface area contributed by atoms with Crippen molar-refractivity contribution in [2.45, 2.75) is 12.5 Å². The first kappa shape index (κ1) is 11.7. The number of carbonyl (C=O) groups is 2. The van der Waals surface area contributed by atoms with Crippen LogP contribution < -0.4 is 15.4 Å². The summed E-state index contributed by atoms with van der Waals surface area (Å²) in [5.74, 6) is -0.0752. The molecule has 1 aromatic rings. The molecule has 17 heavy (non-hydrogen) atoms. The summed E-state index contributed by atoms with van der Waals surface area (Å²) >= 11 is 5.80. The van der Waals surface area contributed by atoms with E-state index >= 15 is 0 Å². The average Bonchev–Trinajstić information content (AvgIpc) is 2.30. The maximum atomic E-state index is 11.7. The van der Waals surface area contributed by atoms with Crippen molar-refractivity contribution in [2.24, 2.45) is 0 Å². The Bertz CT molecular complexity index is 476. The lowest BCUT2D eigenvalue weighted by molar-refractivity contribution is -0.130. The van der Waals surface area contributed by atoms with Crippen molar-refractivity contribution in [3.05, 3.63) is 23.2 Å². The second kappa shape index (κ2) is 4.63. The average molecular weight is 255 g/mol. The fourth-order valence-corrected chi connectivity index (χ4v) is 1.70. The monoisotopic (exact) mass is 254 g/mol. The van der Waals surface area contributed by atoms with Gasteiger partial charge in [0.1, 0.15) is 5.75 Å². The van der Waals surface area contributed by atoms with Crippen LogP contribution in [0.15, 0.2) is 18.2 Å². The smallest absolute Gasteiger partial charge is 0.266 e. The van der Waals surface area contributed by atoms with Crippen LogP contribution >= 0.6 is 11.6 Å². The Hall–Kier alpha value is -1.75. The molecular formula is C11H11ClN2O3. The van der Waals surface area contributed by atoms with Crippen molar-refractivity contribution in [2.75, 3.05) is 12.4 Å². The summed E-state index contributed by atoms with van der Waals surface area (Å²) in [4.78, 5) is 22.9. The molecule has 1 aliphatic rings. The summed E-state index contributed by atoms with van der Waals surface area (Å²) in [5.41, 5.74) is 0.524. The number of benzene rings is 1. The van der Waals surface area contributed by atoms with Crippen LogP contribution in [0.3, 0.4) is 0 Å². The number of anilines is 1. The van der Waals surface area contributed by atoms with E-state index in [0.29, 0.717) is 16.5 Å². The van der Waals surface area contributed by atoms with Crippen LogP contribution in [0.4, 0.5) is 5.69 Å². The first-order valence-electron chi connectivity index (χ1n) is 5.08. The Kier molecular flexibility index (Phi) is 3.19. The third-order valence-electron chi connectivity index (χ3n) is 2.41. The number of hydrogen-bond donors (Lipinski definition) is 2. The Morgan fingerprint density at radius 1 is 1.59 bits per heavy atom. The number of hydrogen-bond acceptors (Lipinski definition) is 3. The van der Waals surface area contributed by atoms with Crippen molar-refractivity contribution in [1.29, 1.82) is 0 Å². The molecule has 1 aliphatic heterocycles. The van der Waals surface area contributed by atoms with E-state index in [-0.39, 0.29) is 18.2 Å². The lowest BCUT2D eigenvalue weighted by Crippen LogP contribution is -2.40. The second-order valence-corrected chi connectivity index (χ2v) is 4.05. The molecule has 0 aliphatic carbocycles. The molecule has 0 radical (unpaired) electrons. The van der Waals surface area contributed by atoms with Crippen LogP contribution in [0.5, 0.6) is 5.75 Å². The van der Waals surface area contributed by atoms with Crippen LogP contribution in [0, 0.1) is 0 Å². The Labute approximate surface area is 103 Å². The number of nitrogens with one attached hydrogen (secondary N) is 2. The van der Waals surface area contributed by atoms with Gasteiger partial charge in [0.15, 0.2) is 6.10 Å². The van der Waals surface area contributed by atoms with Gasteiger partial charge in [-0.25, -0.2) is 0 Å². The molecule has 2 N–H and O–H groups in total. The molecule has 1 atom stereocenters. The fraction of sp³-hybridized carbons (Fsp3) is 0.273. The van der Waals surface area contributed by atoms with Crippen molar-refractivity contribution in [1.82, 2.24) is 5.32 Å². The van der Waals surface area contributed by atoms with E-state index in [1.54, 1.807) is 18.2 Å². The van der Waals surface area contributed by atoms with Crippen molar-refractivity contribution in [3.8, 4) is 5.75 Å². The normalized spacial score (nSPS) is 17.8. The van der Waals surface area contributed by atoms with Gasteiger partial charge in [0, 0.05) is 12.1 Å². The number of rotatable bonds is 2. The highest BCUT2D eigenvalue weighted by atomic mass is 35.5. The molecule has 2 amide bonds. The molecule has 2 rings (SSSR count). The Morgan fingerprint density at radius 2 is 2.35 bits per heavy atom. The van der Waals surface area contributed by atoms with E-state index in [9.17, 15) is 9.59 Å². The number of amides is 2. The fourth-order valence-electron chi connectivity index (χ4n) is 1.53. The van der Waals surface area contributed by atoms with Crippen molar-refractivity contribution >= 4 is 29.1 Å².